The van der Waals surface area contributed by atoms with Crippen LogP contribution in [0.25, 0.3) is 28.2 Å². The summed E-state index contributed by atoms with van der Waals surface area (Å²) in [5.41, 5.74) is 5.95. The van der Waals surface area contributed by atoms with Gasteiger partial charge in [-0.2, -0.15) is 5.10 Å². The molecule has 0 spiro atoms. The highest BCUT2D eigenvalue weighted by atomic mass is 16.6. The molecular formula is C28H28N4O4. The van der Waals surface area contributed by atoms with Crippen LogP contribution in [0.3, 0.4) is 0 Å². The highest BCUT2D eigenvalue weighted by molar-refractivity contribution is 5.88. The number of hydrogen-bond acceptors (Lipinski definition) is 6. The Hall–Kier alpha value is -4.20. The molecule has 1 aliphatic rings. The molecule has 0 aliphatic heterocycles. The summed E-state index contributed by atoms with van der Waals surface area (Å²) >= 11 is 0. The van der Waals surface area contributed by atoms with E-state index in [2.05, 4.69) is 16.5 Å². The van der Waals surface area contributed by atoms with E-state index in [1.165, 1.54) is 7.11 Å². The van der Waals surface area contributed by atoms with Gasteiger partial charge < -0.3 is 14.8 Å². The van der Waals surface area contributed by atoms with Crippen molar-refractivity contribution in [1.29, 1.82) is 0 Å². The van der Waals surface area contributed by atoms with E-state index >= 15 is 0 Å². The van der Waals surface area contributed by atoms with Crippen molar-refractivity contribution >= 4 is 17.7 Å². The highest BCUT2D eigenvalue weighted by Gasteiger charge is 2.27. The molecular weight excluding hydrogens is 456 g/mol. The Balaban J connectivity index is 1.55. The van der Waals surface area contributed by atoms with Gasteiger partial charge >= 0.3 is 12.1 Å². The zero-order chi connectivity index (χ0) is 25.4. The van der Waals surface area contributed by atoms with Crippen molar-refractivity contribution in [2.24, 2.45) is 0 Å². The molecule has 4 aromatic rings. The molecule has 1 atom stereocenters. The molecule has 0 saturated carbocycles. The lowest BCUT2D eigenvalue weighted by Crippen LogP contribution is -2.34. The maximum atomic E-state index is 12.3. The predicted octanol–water partition coefficient (Wildman–Crippen LogP) is 5.36. The number of amides is 1. The minimum absolute atomic E-state index is 0.0946. The number of carbonyl (C=O) groups is 2. The van der Waals surface area contributed by atoms with Crippen molar-refractivity contribution in [1.82, 2.24) is 19.9 Å². The van der Waals surface area contributed by atoms with Gasteiger partial charge in [-0.25, -0.2) is 19.1 Å². The van der Waals surface area contributed by atoms with Crippen LogP contribution in [-0.4, -0.2) is 39.4 Å². The number of carbonyl (C=O) groups excluding carboxylic acids is 2. The Morgan fingerprint density at radius 1 is 1.03 bits per heavy atom. The molecule has 36 heavy (non-hydrogen) atoms. The third-order valence-electron chi connectivity index (χ3n) is 6.10. The van der Waals surface area contributed by atoms with Crippen molar-refractivity contribution in [3.8, 4) is 22.5 Å². The van der Waals surface area contributed by atoms with Crippen molar-refractivity contribution < 1.29 is 19.1 Å². The summed E-state index contributed by atoms with van der Waals surface area (Å²) in [7, 11) is 1.33. The molecule has 8 heteroatoms. The standard InChI is InChI=1S/C28H28N4O4/c1-28(2,3)36-27(34)29-21-13-11-18-16-19(10-12-20(18)21)24-25(17-8-6-5-7-9-17)32-23(30-24)15-14-22(31-32)26(33)35-4/h5-10,12,14-16,21H,11,13H2,1-4H3,(H,29,34)/t21-/m0/s1. The van der Waals surface area contributed by atoms with Gasteiger partial charge in [0.15, 0.2) is 11.3 Å². The molecule has 2 heterocycles. The number of aryl methyl sites for hydroxylation is 1. The summed E-state index contributed by atoms with van der Waals surface area (Å²) in [6, 6.07) is 19.3. The minimum Gasteiger partial charge on any atom is -0.464 e. The maximum Gasteiger partial charge on any atom is 0.408 e. The average Bonchev–Trinajstić information content (AvgIpc) is 3.43. The summed E-state index contributed by atoms with van der Waals surface area (Å²) in [6.07, 6.45) is 1.23. The molecule has 184 valence electrons. The van der Waals surface area contributed by atoms with Crippen LogP contribution < -0.4 is 5.32 Å². The summed E-state index contributed by atoms with van der Waals surface area (Å²) in [5, 5.41) is 7.53. The fourth-order valence-electron chi connectivity index (χ4n) is 4.57. The molecule has 2 aromatic carbocycles. The first-order chi connectivity index (χ1) is 17.2. The van der Waals surface area contributed by atoms with Crippen LogP contribution in [0.15, 0.2) is 60.7 Å². The van der Waals surface area contributed by atoms with Crippen LogP contribution in [-0.2, 0) is 15.9 Å². The molecule has 0 saturated heterocycles. The number of methoxy groups -OCH3 is 1. The van der Waals surface area contributed by atoms with E-state index < -0.39 is 17.7 Å². The highest BCUT2D eigenvalue weighted by Crippen LogP contribution is 2.37. The number of alkyl carbamates (subject to hydrolysis) is 1. The number of ether oxygens (including phenoxy) is 2. The molecule has 0 radical (unpaired) electrons. The monoisotopic (exact) mass is 484 g/mol. The van der Waals surface area contributed by atoms with Crippen molar-refractivity contribution in [3.63, 3.8) is 0 Å². The second-order valence-electron chi connectivity index (χ2n) is 9.81. The van der Waals surface area contributed by atoms with Gasteiger partial charge in [0.05, 0.1) is 18.8 Å². The van der Waals surface area contributed by atoms with Crippen molar-refractivity contribution in [3.05, 3.63) is 77.5 Å². The zero-order valence-corrected chi connectivity index (χ0v) is 20.7. The number of nitrogens with zero attached hydrogens (tertiary/aromatic N) is 3. The van der Waals surface area contributed by atoms with Crippen LogP contribution in [0, 0.1) is 0 Å². The Kier molecular flexibility index (Phi) is 5.96. The minimum atomic E-state index is -0.548. The van der Waals surface area contributed by atoms with E-state index in [9.17, 15) is 9.59 Å². The van der Waals surface area contributed by atoms with E-state index in [0.29, 0.717) is 5.65 Å². The topological polar surface area (TPSA) is 94.8 Å². The number of hydrogen-bond donors (Lipinski definition) is 1. The first kappa shape index (κ1) is 23.5. The van der Waals surface area contributed by atoms with E-state index in [1.807, 2.05) is 63.2 Å². The van der Waals surface area contributed by atoms with Crippen molar-refractivity contribution in [2.75, 3.05) is 7.11 Å². The summed E-state index contributed by atoms with van der Waals surface area (Å²) in [4.78, 5) is 29.3. The van der Waals surface area contributed by atoms with Gasteiger partial charge in [0.1, 0.15) is 11.3 Å². The number of esters is 1. The second-order valence-corrected chi connectivity index (χ2v) is 9.81. The number of nitrogens with one attached hydrogen (secondary N) is 1. The Morgan fingerprint density at radius 2 is 1.81 bits per heavy atom. The molecule has 0 bridgehead atoms. The maximum absolute atomic E-state index is 12.3. The zero-order valence-electron chi connectivity index (χ0n) is 20.7. The van der Waals surface area contributed by atoms with Gasteiger partial charge in [0, 0.05) is 11.1 Å². The van der Waals surface area contributed by atoms with Gasteiger partial charge in [0.25, 0.3) is 0 Å². The van der Waals surface area contributed by atoms with Gasteiger partial charge in [-0.15, -0.1) is 0 Å². The van der Waals surface area contributed by atoms with Crippen LogP contribution in [0.2, 0.25) is 0 Å². The molecule has 1 aliphatic carbocycles. The average molecular weight is 485 g/mol. The lowest BCUT2D eigenvalue weighted by molar-refractivity contribution is 0.0502. The van der Waals surface area contributed by atoms with Crippen LogP contribution in [0.4, 0.5) is 4.79 Å². The number of benzene rings is 2. The van der Waals surface area contributed by atoms with E-state index in [0.717, 1.165) is 46.5 Å². The molecule has 2 aromatic heterocycles. The first-order valence-electron chi connectivity index (χ1n) is 11.9. The SMILES string of the molecule is COC(=O)c1ccc2nc(-c3ccc4c(c3)CC[C@@H]4NC(=O)OC(C)(C)C)c(-c3ccccc3)n2n1. The first-order valence-corrected chi connectivity index (χ1v) is 11.9. The van der Waals surface area contributed by atoms with Crippen LogP contribution in [0.1, 0.15) is 54.8 Å². The van der Waals surface area contributed by atoms with Gasteiger partial charge in [0.2, 0.25) is 0 Å². The van der Waals surface area contributed by atoms with E-state index in [1.54, 1.807) is 16.6 Å². The lowest BCUT2D eigenvalue weighted by Gasteiger charge is -2.22. The number of rotatable bonds is 4. The summed E-state index contributed by atoms with van der Waals surface area (Å²) < 4.78 is 12.0. The normalized spacial score (nSPS) is 14.9. The Morgan fingerprint density at radius 3 is 2.53 bits per heavy atom. The molecule has 0 unspecified atom stereocenters. The van der Waals surface area contributed by atoms with Crippen LogP contribution >= 0.6 is 0 Å². The molecule has 1 amide bonds. The smallest absolute Gasteiger partial charge is 0.408 e. The number of aromatic nitrogens is 3. The largest absolute Gasteiger partial charge is 0.464 e. The third-order valence-corrected chi connectivity index (χ3v) is 6.10. The van der Waals surface area contributed by atoms with Gasteiger partial charge in [-0.05, 0) is 62.9 Å². The second kappa shape index (κ2) is 9.11. The van der Waals surface area contributed by atoms with Gasteiger partial charge in [-0.3, -0.25) is 0 Å². The fraction of sp³-hybridized carbons (Fsp3) is 0.286. The van der Waals surface area contributed by atoms with Crippen molar-refractivity contribution in [2.45, 2.75) is 45.3 Å². The lowest BCUT2D eigenvalue weighted by atomic mass is 10.00. The van der Waals surface area contributed by atoms with E-state index in [4.69, 9.17) is 14.5 Å². The molecule has 1 N–H and O–H groups in total. The molecule has 5 rings (SSSR count). The number of imidazole rings is 1. The summed E-state index contributed by atoms with van der Waals surface area (Å²) in [6.45, 7) is 5.55. The van der Waals surface area contributed by atoms with Gasteiger partial charge in [-0.1, -0.05) is 42.5 Å². The van der Waals surface area contributed by atoms with Crippen LogP contribution in [0.5, 0.6) is 0 Å². The third kappa shape index (κ3) is 4.54. The predicted molar refractivity (Wildman–Crippen MR) is 136 cm³/mol. The molecule has 0 fully saturated rings. The van der Waals surface area contributed by atoms with E-state index in [-0.39, 0.29) is 11.7 Å². The fourth-order valence-corrected chi connectivity index (χ4v) is 4.57. The quantitative estimate of drug-likeness (QED) is 0.392. The number of fused-ring (bicyclic) bond motifs is 2. The summed E-state index contributed by atoms with van der Waals surface area (Å²) in [5.74, 6) is -0.507. The molecule has 8 nitrogen and oxygen atoms in total. The Labute approximate surface area is 209 Å². The Bertz CT molecular complexity index is 1450.